The lowest BCUT2D eigenvalue weighted by atomic mass is 10.1. The Morgan fingerprint density at radius 1 is 1.36 bits per heavy atom. The van der Waals surface area contributed by atoms with Crippen molar-refractivity contribution in [3.05, 3.63) is 35.7 Å². The lowest BCUT2D eigenvalue weighted by molar-refractivity contribution is 0.0926. The number of carbonyl (C=O) groups is 1. The fourth-order valence-corrected chi connectivity index (χ4v) is 3.22. The first kappa shape index (κ1) is 22.0. The van der Waals surface area contributed by atoms with E-state index in [0.29, 0.717) is 24.0 Å². The van der Waals surface area contributed by atoms with Gasteiger partial charge in [-0.05, 0) is 51.9 Å². The van der Waals surface area contributed by atoms with Crippen LogP contribution in [0.2, 0.25) is 0 Å². The van der Waals surface area contributed by atoms with Crippen LogP contribution in [0.3, 0.4) is 0 Å². The first-order chi connectivity index (χ1) is 13.1. The SMILES string of the molecule is COc1cccc(OC(C)CNC(=O)c2nnn(C3CCNCC3)c2C)c1.Cl. The molecule has 2 aromatic rings. The summed E-state index contributed by atoms with van der Waals surface area (Å²) in [6.07, 6.45) is 1.80. The largest absolute Gasteiger partial charge is 0.497 e. The van der Waals surface area contributed by atoms with Crippen LogP contribution < -0.4 is 20.1 Å². The Bertz CT molecular complexity index is 777. The maximum atomic E-state index is 12.5. The molecule has 1 aromatic carbocycles. The summed E-state index contributed by atoms with van der Waals surface area (Å²) in [5, 5.41) is 14.5. The van der Waals surface area contributed by atoms with E-state index in [-0.39, 0.29) is 24.4 Å². The number of benzene rings is 1. The van der Waals surface area contributed by atoms with Crippen molar-refractivity contribution in [3.63, 3.8) is 0 Å². The van der Waals surface area contributed by atoms with Crippen LogP contribution in [-0.2, 0) is 0 Å². The number of nitrogens with zero attached hydrogens (tertiary/aromatic N) is 3. The molecule has 0 bridgehead atoms. The predicted octanol–water partition coefficient (Wildman–Crippen LogP) is 2.14. The standard InChI is InChI=1S/C19H27N5O3.ClH/c1-13(27-17-6-4-5-16(11-17)26-3)12-21-19(25)18-14(2)24(23-22-18)15-7-9-20-10-8-15;/h4-6,11,13,15,20H,7-10,12H2,1-3H3,(H,21,25);1H. The molecular weight excluding hydrogens is 382 g/mol. The zero-order chi connectivity index (χ0) is 19.2. The van der Waals surface area contributed by atoms with Gasteiger partial charge in [-0.3, -0.25) is 4.79 Å². The normalized spacial score (nSPS) is 15.4. The van der Waals surface area contributed by atoms with E-state index < -0.39 is 0 Å². The van der Waals surface area contributed by atoms with Gasteiger partial charge in [-0.1, -0.05) is 11.3 Å². The van der Waals surface area contributed by atoms with Crippen molar-refractivity contribution in [1.29, 1.82) is 0 Å². The highest BCUT2D eigenvalue weighted by Gasteiger charge is 2.23. The molecule has 0 spiro atoms. The van der Waals surface area contributed by atoms with Gasteiger partial charge >= 0.3 is 0 Å². The van der Waals surface area contributed by atoms with Crippen molar-refractivity contribution in [3.8, 4) is 11.5 Å². The lowest BCUT2D eigenvalue weighted by Crippen LogP contribution is -2.34. The van der Waals surface area contributed by atoms with E-state index in [4.69, 9.17) is 9.47 Å². The zero-order valence-corrected chi connectivity index (χ0v) is 17.3. The number of halogens is 1. The maximum Gasteiger partial charge on any atom is 0.273 e. The average molecular weight is 410 g/mol. The van der Waals surface area contributed by atoms with E-state index in [9.17, 15) is 4.79 Å². The van der Waals surface area contributed by atoms with E-state index in [1.165, 1.54) is 0 Å². The smallest absolute Gasteiger partial charge is 0.273 e. The average Bonchev–Trinajstić information content (AvgIpc) is 3.08. The summed E-state index contributed by atoms with van der Waals surface area (Å²) in [4.78, 5) is 12.5. The van der Waals surface area contributed by atoms with Gasteiger partial charge in [0.2, 0.25) is 0 Å². The third-order valence-electron chi connectivity index (χ3n) is 4.73. The van der Waals surface area contributed by atoms with Gasteiger partial charge in [-0.25, -0.2) is 4.68 Å². The molecule has 1 saturated heterocycles. The molecule has 0 aliphatic carbocycles. The molecule has 154 valence electrons. The number of nitrogens with one attached hydrogen (secondary N) is 2. The summed E-state index contributed by atoms with van der Waals surface area (Å²) in [5.74, 6) is 1.20. The first-order valence-corrected chi connectivity index (χ1v) is 9.30. The number of piperidine rings is 1. The Kier molecular flexibility index (Phi) is 8.07. The van der Waals surface area contributed by atoms with E-state index in [1.807, 2.05) is 42.8 Å². The molecular formula is C19H28ClN5O3. The van der Waals surface area contributed by atoms with Crippen LogP contribution in [-0.4, -0.2) is 53.7 Å². The third kappa shape index (κ3) is 5.36. The summed E-state index contributed by atoms with van der Waals surface area (Å²) in [5.41, 5.74) is 1.18. The van der Waals surface area contributed by atoms with Gasteiger partial charge < -0.3 is 20.1 Å². The summed E-state index contributed by atoms with van der Waals surface area (Å²) >= 11 is 0. The second kappa shape index (κ2) is 10.3. The van der Waals surface area contributed by atoms with Crippen molar-refractivity contribution in [2.75, 3.05) is 26.7 Å². The van der Waals surface area contributed by atoms with E-state index >= 15 is 0 Å². The number of ether oxygens (including phenoxy) is 2. The second-order valence-electron chi connectivity index (χ2n) is 6.77. The molecule has 1 amide bonds. The Hall–Kier alpha value is -2.32. The van der Waals surface area contributed by atoms with Crippen molar-refractivity contribution < 1.29 is 14.3 Å². The Morgan fingerprint density at radius 2 is 2.07 bits per heavy atom. The summed E-state index contributed by atoms with van der Waals surface area (Å²) < 4.78 is 12.9. The van der Waals surface area contributed by atoms with E-state index in [0.717, 1.165) is 37.4 Å². The highest BCUT2D eigenvalue weighted by atomic mass is 35.5. The quantitative estimate of drug-likeness (QED) is 0.728. The fraction of sp³-hybridized carbons (Fsp3) is 0.526. The summed E-state index contributed by atoms with van der Waals surface area (Å²) in [6.45, 7) is 6.09. The number of amides is 1. The molecule has 1 aliphatic heterocycles. The third-order valence-corrected chi connectivity index (χ3v) is 4.73. The highest BCUT2D eigenvalue weighted by Crippen LogP contribution is 2.21. The molecule has 28 heavy (non-hydrogen) atoms. The van der Waals surface area contributed by atoms with Gasteiger partial charge in [0, 0.05) is 6.07 Å². The van der Waals surface area contributed by atoms with Crippen LogP contribution in [0, 0.1) is 6.92 Å². The zero-order valence-electron chi connectivity index (χ0n) is 16.5. The molecule has 0 radical (unpaired) electrons. The monoisotopic (exact) mass is 409 g/mol. The second-order valence-corrected chi connectivity index (χ2v) is 6.77. The molecule has 2 heterocycles. The maximum absolute atomic E-state index is 12.5. The number of methoxy groups -OCH3 is 1. The minimum absolute atomic E-state index is 0. The molecule has 1 unspecified atom stereocenters. The molecule has 1 aromatic heterocycles. The fourth-order valence-electron chi connectivity index (χ4n) is 3.22. The molecule has 9 heteroatoms. The van der Waals surface area contributed by atoms with Gasteiger partial charge in [-0.15, -0.1) is 17.5 Å². The van der Waals surface area contributed by atoms with E-state index in [1.54, 1.807) is 7.11 Å². The Labute approximate surface area is 171 Å². The van der Waals surface area contributed by atoms with Crippen molar-refractivity contribution in [1.82, 2.24) is 25.6 Å². The Balaban J connectivity index is 0.00000280. The molecule has 1 atom stereocenters. The van der Waals surface area contributed by atoms with Gasteiger partial charge in [-0.2, -0.15) is 0 Å². The summed E-state index contributed by atoms with van der Waals surface area (Å²) in [7, 11) is 1.61. The molecule has 8 nitrogen and oxygen atoms in total. The number of aromatic nitrogens is 3. The van der Waals surface area contributed by atoms with Gasteiger partial charge in [0.05, 0.1) is 25.4 Å². The van der Waals surface area contributed by atoms with Crippen LogP contribution in [0.4, 0.5) is 0 Å². The van der Waals surface area contributed by atoms with Gasteiger partial charge in [0.1, 0.15) is 17.6 Å². The lowest BCUT2D eigenvalue weighted by Gasteiger charge is -2.23. The molecule has 3 rings (SSSR count). The van der Waals surface area contributed by atoms with Crippen molar-refractivity contribution >= 4 is 18.3 Å². The van der Waals surface area contributed by atoms with Crippen molar-refractivity contribution in [2.24, 2.45) is 0 Å². The first-order valence-electron chi connectivity index (χ1n) is 9.30. The number of rotatable bonds is 7. The number of hydrogen-bond donors (Lipinski definition) is 2. The summed E-state index contributed by atoms with van der Waals surface area (Å²) in [6, 6.07) is 7.69. The molecule has 0 saturated carbocycles. The van der Waals surface area contributed by atoms with E-state index in [2.05, 4.69) is 20.9 Å². The predicted molar refractivity (Wildman–Crippen MR) is 109 cm³/mol. The Morgan fingerprint density at radius 3 is 2.79 bits per heavy atom. The minimum atomic E-state index is -0.228. The van der Waals surface area contributed by atoms with Crippen molar-refractivity contribution in [2.45, 2.75) is 38.8 Å². The number of hydrogen-bond acceptors (Lipinski definition) is 6. The van der Waals surface area contributed by atoms with Crippen LogP contribution >= 0.6 is 12.4 Å². The van der Waals surface area contributed by atoms with Crippen LogP contribution in [0.15, 0.2) is 24.3 Å². The van der Waals surface area contributed by atoms with Gasteiger partial charge in [0.15, 0.2) is 5.69 Å². The topological polar surface area (TPSA) is 90.3 Å². The van der Waals surface area contributed by atoms with Crippen LogP contribution in [0.25, 0.3) is 0 Å². The molecule has 1 aliphatic rings. The molecule has 2 N–H and O–H groups in total. The van der Waals surface area contributed by atoms with Crippen LogP contribution in [0.5, 0.6) is 11.5 Å². The minimum Gasteiger partial charge on any atom is -0.497 e. The van der Waals surface area contributed by atoms with Crippen LogP contribution in [0.1, 0.15) is 42.0 Å². The number of carbonyl (C=O) groups excluding carboxylic acids is 1. The molecule has 1 fully saturated rings. The highest BCUT2D eigenvalue weighted by molar-refractivity contribution is 5.93. The van der Waals surface area contributed by atoms with Gasteiger partial charge in [0.25, 0.3) is 5.91 Å².